The van der Waals surface area contributed by atoms with E-state index in [-0.39, 0.29) is 58.7 Å². The molecule has 0 saturated carbocycles. The molecule has 5 amide bonds. The predicted molar refractivity (Wildman–Crippen MR) is 239 cm³/mol. The number of ether oxygens (including phenoxy) is 2. The first-order valence-electron chi connectivity index (χ1n) is 21.0. The largest absolute Gasteiger partial charge is 0.492 e. The van der Waals surface area contributed by atoms with Crippen molar-refractivity contribution < 1.29 is 33.4 Å². The highest BCUT2D eigenvalue weighted by atomic mass is 16.5. The van der Waals surface area contributed by atoms with E-state index >= 15 is 0 Å². The van der Waals surface area contributed by atoms with Crippen LogP contribution in [-0.4, -0.2) is 99.0 Å². The third kappa shape index (κ3) is 12.6. The zero-order chi connectivity index (χ0) is 45.5. The van der Waals surface area contributed by atoms with Crippen molar-refractivity contribution in [3.8, 4) is 39.8 Å². The number of nitrogens with two attached hydrogens (primary N) is 3. The number of amides is 5. The molecule has 332 valence electrons. The van der Waals surface area contributed by atoms with Crippen molar-refractivity contribution in [3.05, 3.63) is 107 Å². The predicted octanol–water partition coefficient (Wildman–Crippen LogP) is 2.62. The number of nitrogens with one attached hydrogen (secondary N) is 4. The summed E-state index contributed by atoms with van der Waals surface area (Å²) in [6.07, 6.45) is 0.452. The van der Waals surface area contributed by atoms with Crippen molar-refractivity contribution >= 4 is 29.5 Å². The minimum absolute atomic E-state index is 0.0132. The Balaban J connectivity index is 1.56. The maximum Gasteiger partial charge on any atom is 0.251 e. The van der Waals surface area contributed by atoms with Crippen LogP contribution in [0.25, 0.3) is 22.3 Å². The molecule has 1 heterocycles. The van der Waals surface area contributed by atoms with Gasteiger partial charge in [0.05, 0.1) is 12.1 Å². The molecule has 0 unspecified atom stereocenters. The van der Waals surface area contributed by atoms with Crippen LogP contribution in [0.5, 0.6) is 11.5 Å². The highest BCUT2D eigenvalue weighted by molar-refractivity contribution is 5.99. The Morgan fingerprint density at radius 1 is 0.841 bits per heavy atom. The number of hydrogen-bond acceptors (Lipinski definition) is 11. The van der Waals surface area contributed by atoms with Crippen LogP contribution in [-0.2, 0) is 25.6 Å². The molecule has 10 N–H and O–H groups in total. The molecular weight excluding hydrogens is 803 g/mol. The summed E-state index contributed by atoms with van der Waals surface area (Å²) in [6.45, 7) is 4.53. The number of rotatable bonds is 17. The fourth-order valence-electron chi connectivity index (χ4n) is 7.25. The summed E-state index contributed by atoms with van der Waals surface area (Å²) in [7, 11) is 1.47. The molecule has 0 fully saturated rings. The number of carbonyl (C=O) groups excluding carboxylic acids is 5. The van der Waals surface area contributed by atoms with Gasteiger partial charge in [-0.1, -0.05) is 54.1 Å². The van der Waals surface area contributed by atoms with Crippen molar-refractivity contribution in [1.29, 1.82) is 5.26 Å². The summed E-state index contributed by atoms with van der Waals surface area (Å²) in [4.78, 5) is 70.3. The van der Waals surface area contributed by atoms with Gasteiger partial charge in [0.2, 0.25) is 23.6 Å². The van der Waals surface area contributed by atoms with Gasteiger partial charge in [-0.25, -0.2) is 0 Å². The van der Waals surface area contributed by atoms with Crippen LogP contribution in [0.1, 0.15) is 59.3 Å². The number of nitriles is 1. The molecule has 4 aromatic carbocycles. The Morgan fingerprint density at radius 2 is 1.46 bits per heavy atom. The SMILES string of the molecule is Cc1ccc(-c2ccc(C(=O)N[C@@H](CCCN)C(=O)N(C)[C@@H]3C(=O)N[C@@H](C)C(=O)N[C@H](CNC(=O)CC#N)Cc4ccc(OCCN)c(c4)-c4cc3ccc4OCCN)cc2)cc1. The Kier molecular flexibility index (Phi) is 17.2. The zero-order valence-electron chi connectivity index (χ0n) is 35.9. The average molecular weight is 860 g/mol. The first-order valence-corrected chi connectivity index (χ1v) is 21.0. The second-order valence-electron chi connectivity index (χ2n) is 15.4. The molecule has 4 bridgehead atoms. The number of hydrogen-bond donors (Lipinski definition) is 7. The lowest BCUT2D eigenvalue weighted by atomic mass is 9.93. The summed E-state index contributed by atoms with van der Waals surface area (Å²) in [5.41, 5.74) is 23.2. The molecular formula is C47H57N9O7. The summed E-state index contributed by atoms with van der Waals surface area (Å²) in [5, 5.41) is 20.3. The Bertz CT molecular complexity index is 2280. The first kappa shape index (κ1) is 47.3. The van der Waals surface area contributed by atoms with Crippen LogP contribution in [0.3, 0.4) is 0 Å². The lowest BCUT2D eigenvalue weighted by Gasteiger charge is -2.33. The van der Waals surface area contributed by atoms with Crippen molar-refractivity contribution in [2.75, 3.05) is 46.4 Å². The van der Waals surface area contributed by atoms with Gasteiger partial charge >= 0.3 is 0 Å². The fraction of sp³-hybridized carbons (Fsp3) is 0.362. The molecule has 4 atom stereocenters. The van der Waals surface area contributed by atoms with Gasteiger partial charge in [0.1, 0.15) is 49.3 Å². The molecule has 16 nitrogen and oxygen atoms in total. The van der Waals surface area contributed by atoms with E-state index in [1.807, 2.05) is 61.5 Å². The van der Waals surface area contributed by atoms with Gasteiger partial charge in [0.15, 0.2) is 0 Å². The molecule has 16 heteroatoms. The molecule has 0 aromatic heterocycles. The van der Waals surface area contributed by atoms with Crippen LogP contribution >= 0.6 is 0 Å². The number of benzene rings is 4. The number of aryl methyl sites for hydroxylation is 1. The maximum absolute atomic E-state index is 14.7. The van der Waals surface area contributed by atoms with Crippen LogP contribution in [0.15, 0.2) is 84.9 Å². The number of carbonyl (C=O) groups is 5. The Hall–Kier alpha value is -6.80. The zero-order valence-corrected chi connectivity index (χ0v) is 35.9. The molecule has 0 aliphatic carbocycles. The van der Waals surface area contributed by atoms with Gasteiger partial charge in [-0.2, -0.15) is 5.26 Å². The molecule has 1 aliphatic heterocycles. The monoisotopic (exact) mass is 859 g/mol. The molecule has 4 aromatic rings. The minimum atomic E-state index is -1.33. The quantitative estimate of drug-likeness (QED) is 0.0812. The fourth-order valence-corrected chi connectivity index (χ4v) is 7.25. The summed E-state index contributed by atoms with van der Waals surface area (Å²) >= 11 is 0. The third-order valence-electron chi connectivity index (χ3n) is 10.6. The van der Waals surface area contributed by atoms with E-state index in [0.717, 1.165) is 22.3 Å². The van der Waals surface area contributed by atoms with E-state index in [9.17, 15) is 24.0 Å². The maximum atomic E-state index is 14.7. The van der Waals surface area contributed by atoms with E-state index < -0.39 is 53.7 Å². The normalized spacial score (nSPS) is 16.6. The third-order valence-corrected chi connectivity index (χ3v) is 10.6. The highest BCUT2D eigenvalue weighted by Gasteiger charge is 2.36. The van der Waals surface area contributed by atoms with Gasteiger partial charge < -0.3 is 52.8 Å². The summed E-state index contributed by atoms with van der Waals surface area (Å²) in [5.74, 6) is -1.93. The van der Waals surface area contributed by atoms with Crippen LogP contribution in [0, 0.1) is 18.3 Å². The summed E-state index contributed by atoms with van der Waals surface area (Å²) in [6, 6.07) is 23.3. The van der Waals surface area contributed by atoms with Crippen molar-refractivity contribution in [1.82, 2.24) is 26.2 Å². The standard InChI is InChI=1S/C47H57N9O7/c1-29-6-9-32(10-7-29)33-11-13-34(14-12-33)45(59)55-39(5-4-19-48)47(61)56(3)43-35-15-17-41(63-24-22-51)38(27-35)37-26-31(8-16-40(37)62-23-21-50)25-36(28-52-42(57)18-20-49)54-44(58)30(2)53-46(43)60/h6-17,26-27,30,36,39,43H,4-5,18-19,21-25,28,48,50-51H2,1-3H3,(H,52,57)(H,53,60)(H,54,58)(H,55,59)/t30-,36-,39-,43-/m0/s1. The van der Waals surface area contributed by atoms with Gasteiger partial charge in [-0.3, -0.25) is 24.0 Å². The van der Waals surface area contributed by atoms with E-state index in [0.29, 0.717) is 40.2 Å². The minimum Gasteiger partial charge on any atom is -0.492 e. The van der Waals surface area contributed by atoms with E-state index in [1.165, 1.54) is 18.9 Å². The second-order valence-corrected chi connectivity index (χ2v) is 15.4. The van der Waals surface area contributed by atoms with Crippen molar-refractivity contribution in [2.24, 2.45) is 17.2 Å². The van der Waals surface area contributed by atoms with Crippen LogP contribution in [0.2, 0.25) is 0 Å². The number of likely N-dealkylation sites (N-methyl/N-ethyl adjacent to an activating group) is 1. The molecule has 0 spiro atoms. The van der Waals surface area contributed by atoms with Gasteiger partial charge in [0.25, 0.3) is 5.91 Å². The van der Waals surface area contributed by atoms with Crippen molar-refractivity contribution in [3.63, 3.8) is 0 Å². The molecule has 0 radical (unpaired) electrons. The molecule has 63 heavy (non-hydrogen) atoms. The number of fused-ring (bicyclic) bond motifs is 5. The lowest BCUT2D eigenvalue weighted by Crippen LogP contribution is -2.55. The van der Waals surface area contributed by atoms with Gasteiger partial charge in [-0.05, 0) is 98.3 Å². The van der Waals surface area contributed by atoms with Gasteiger partial charge in [0, 0.05) is 43.4 Å². The van der Waals surface area contributed by atoms with E-state index in [4.69, 9.17) is 31.9 Å². The lowest BCUT2D eigenvalue weighted by molar-refractivity contribution is -0.141. The van der Waals surface area contributed by atoms with E-state index in [1.54, 1.807) is 36.4 Å². The Labute approximate surface area is 367 Å². The van der Waals surface area contributed by atoms with Gasteiger partial charge in [-0.15, -0.1) is 0 Å². The molecule has 5 rings (SSSR count). The van der Waals surface area contributed by atoms with Crippen LogP contribution < -0.4 is 47.9 Å². The first-order chi connectivity index (χ1) is 30.4. The average Bonchev–Trinajstić information content (AvgIpc) is 3.28. The van der Waals surface area contributed by atoms with Crippen LogP contribution in [0.4, 0.5) is 0 Å². The number of nitrogens with zero attached hydrogens (tertiary/aromatic N) is 2. The molecule has 1 aliphatic rings. The molecule has 0 saturated heterocycles. The van der Waals surface area contributed by atoms with Crippen molar-refractivity contribution in [2.45, 2.75) is 63.7 Å². The van der Waals surface area contributed by atoms with E-state index in [2.05, 4.69) is 21.3 Å². The topological polar surface area (TPSA) is 257 Å². The highest BCUT2D eigenvalue weighted by Crippen LogP contribution is 2.40. The summed E-state index contributed by atoms with van der Waals surface area (Å²) < 4.78 is 12.2. The Morgan fingerprint density at radius 3 is 2.08 bits per heavy atom. The second kappa shape index (κ2) is 22.9. The smallest absolute Gasteiger partial charge is 0.251 e.